The van der Waals surface area contributed by atoms with Crippen molar-refractivity contribution in [1.82, 2.24) is 15.1 Å². The Hall–Kier alpha value is -1.58. The molecule has 0 aromatic carbocycles. The fraction of sp³-hybridized carbons (Fsp3) is 0.905. The van der Waals surface area contributed by atoms with Crippen molar-refractivity contribution in [3.63, 3.8) is 0 Å². The van der Waals surface area contributed by atoms with Crippen LogP contribution in [-0.4, -0.2) is 96.2 Å². The molecule has 0 spiro atoms. The van der Waals surface area contributed by atoms with Crippen LogP contribution in [0.25, 0.3) is 0 Å². The average Bonchev–Trinajstić information content (AvgIpc) is 2.71. The normalized spacial score (nSPS) is 9.80. The zero-order chi connectivity index (χ0) is 23.6. The highest BCUT2D eigenvalue weighted by Crippen LogP contribution is 1.88. The van der Waals surface area contributed by atoms with E-state index < -0.39 is 6.16 Å². The minimum atomic E-state index is -0.552. The highest BCUT2D eigenvalue weighted by Gasteiger charge is 2.00. The highest BCUT2D eigenvalue weighted by atomic mass is 16.7. The Kier molecular flexibility index (Phi) is 30.2. The van der Waals surface area contributed by atoms with Crippen LogP contribution in [0.2, 0.25) is 0 Å². The van der Waals surface area contributed by atoms with Crippen molar-refractivity contribution < 1.29 is 23.8 Å². The first-order valence-electron chi connectivity index (χ1n) is 10.9. The Bertz CT molecular complexity index is 359. The molecule has 0 saturated carbocycles. The van der Waals surface area contributed by atoms with E-state index in [-0.39, 0.29) is 6.09 Å². The van der Waals surface area contributed by atoms with Gasteiger partial charge < -0.3 is 35.1 Å². The summed E-state index contributed by atoms with van der Waals surface area (Å²) in [6.45, 7) is 10.8. The van der Waals surface area contributed by atoms with Gasteiger partial charge in [0.1, 0.15) is 0 Å². The molecule has 1 amide bonds. The summed E-state index contributed by atoms with van der Waals surface area (Å²) in [6.07, 6.45) is 3.73. The van der Waals surface area contributed by atoms with Gasteiger partial charge in [-0.05, 0) is 79.9 Å². The number of rotatable bonds is 13. The number of alkyl carbamates (subject to hydrolysis) is 1. The maximum atomic E-state index is 10.9. The summed E-state index contributed by atoms with van der Waals surface area (Å²) in [5, 5.41) is 2.68. The second-order valence-electron chi connectivity index (χ2n) is 7.11. The SMILES string of the molecule is CCCOC(=O)NCCCN(C)C.CCCOC(=O)OCCC.CN(C)CCCN. The summed E-state index contributed by atoms with van der Waals surface area (Å²) in [4.78, 5) is 25.6. The third-order valence-electron chi connectivity index (χ3n) is 3.15. The third-order valence-corrected chi connectivity index (χ3v) is 3.15. The molecule has 0 aliphatic heterocycles. The van der Waals surface area contributed by atoms with Gasteiger partial charge >= 0.3 is 12.2 Å². The Morgan fingerprint density at radius 1 is 0.767 bits per heavy atom. The van der Waals surface area contributed by atoms with Crippen molar-refractivity contribution >= 4 is 12.2 Å². The lowest BCUT2D eigenvalue weighted by atomic mass is 10.4. The second-order valence-corrected chi connectivity index (χ2v) is 7.11. The first-order chi connectivity index (χ1) is 14.2. The molecule has 0 aromatic rings. The Morgan fingerprint density at radius 2 is 1.20 bits per heavy atom. The molecular weight excluding hydrogens is 388 g/mol. The van der Waals surface area contributed by atoms with E-state index in [1.807, 2.05) is 34.9 Å². The molecule has 0 saturated heterocycles. The van der Waals surface area contributed by atoms with Crippen molar-refractivity contribution in [3.05, 3.63) is 0 Å². The molecule has 3 N–H and O–H groups in total. The minimum Gasteiger partial charge on any atom is -0.450 e. The van der Waals surface area contributed by atoms with E-state index in [9.17, 15) is 9.59 Å². The molecule has 0 atom stereocenters. The van der Waals surface area contributed by atoms with E-state index in [1.54, 1.807) is 0 Å². The largest absolute Gasteiger partial charge is 0.508 e. The summed E-state index contributed by atoms with van der Waals surface area (Å²) in [7, 11) is 8.12. The van der Waals surface area contributed by atoms with Gasteiger partial charge in [0.2, 0.25) is 0 Å². The number of hydrogen-bond acceptors (Lipinski definition) is 8. The van der Waals surface area contributed by atoms with Gasteiger partial charge in [-0.1, -0.05) is 20.8 Å². The van der Waals surface area contributed by atoms with E-state index in [2.05, 4.69) is 38.7 Å². The number of nitrogens with one attached hydrogen (secondary N) is 1. The number of amides is 1. The maximum absolute atomic E-state index is 10.9. The van der Waals surface area contributed by atoms with Gasteiger partial charge in [-0.15, -0.1) is 0 Å². The summed E-state index contributed by atoms with van der Waals surface area (Å²) >= 11 is 0. The summed E-state index contributed by atoms with van der Waals surface area (Å²) in [6, 6.07) is 0. The van der Waals surface area contributed by atoms with Gasteiger partial charge in [-0.25, -0.2) is 9.59 Å². The van der Waals surface area contributed by atoms with Crippen LogP contribution >= 0.6 is 0 Å². The number of hydrogen-bond donors (Lipinski definition) is 2. The van der Waals surface area contributed by atoms with E-state index in [0.29, 0.717) is 26.4 Å². The zero-order valence-corrected chi connectivity index (χ0v) is 20.5. The van der Waals surface area contributed by atoms with Crippen LogP contribution < -0.4 is 11.1 Å². The van der Waals surface area contributed by atoms with Gasteiger partial charge in [0, 0.05) is 6.54 Å². The standard InChI is InChI=1S/C9H20N2O2.C7H14O3.C5H14N2/c1-4-8-13-9(12)10-6-5-7-11(2)3;1-3-5-9-7(8)10-6-4-2;1-7(2)5-3-4-6/h4-8H2,1-3H3,(H,10,12);3-6H2,1-2H3;3-6H2,1-2H3. The van der Waals surface area contributed by atoms with Crippen molar-refractivity contribution in [2.75, 3.05) is 74.2 Å². The highest BCUT2D eigenvalue weighted by molar-refractivity contribution is 5.66. The van der Waals surface area contributed by atoms with Crippen LogP contribution in [0.1, 0.15) is 52.9 Å². The third kappa shape index (κ3) is 37.2. The van der Waals surface area contributed by atoms with Gasteiger partial charge in [0.15, 0.2) is 0 Å². The Morgan fingerprint density at radius 3 is 1.57 bits per heavy atom. The Labute approximate surface area is 184 Å². The molecule has 0 aliphatic carbocycles. The number of carbonyl (C=O) groups is 2. The first-order valence-corrected chi connectivity index (χ1v) is 10.9. The van der Waals surface area contributed by atoms with Gasteiger partial charge in [0.05, 0.1) is 19.8 Å². The number of nitrogens with zero attached hydrogens (tertiary/aromatic N) is 2. The smallest absolute Gasteiger partial charge is 0.450 e. The lowest BCUT2D eigenvalue weighted by Gasteiger charge is -2.09. The fourth-order valence-corrected chi connectivity index (χ4v) is 1.65. The molecule has 30 heavy (non-hydrogen) atoms. The average molecular weight is 437 g/mol. The monoisotopic (exact) mass is 436 g/mol. The van der Waals surface area contributed by atoms with E-state index in [1.165, 1.54) is 0 Å². The Balaban J connectivity index is -0.000000383. The lowest BCUT2D eigenvalue weighted by Crippen LogP contribution is -2.27. The van der Waals surface area contributed by atoms with Crippen molar-refractivity contribution in [3.8, 4) is 0 Å². The molecule has 0 aromatic heterocycles. The second kappa shape index (κ2) is 27.4. The molecule has 0 rings (SSSR count). The van der Waals surface area contributed by atoms with Crippen LogP contribution in [-0.2, 0) is 14.2 Å². The maximum Gasteiger partial charge on any atom is 0.508 e. The van der Waals surface area contributed by atoms with Crippen LogP contribution in [0.4, 0.5) is 9.59 Å². The van der Waals surface area contributed by atoms with Gasteiger partial charge in [-0.2, -0.15) is 0 Å². The van der Waals surface area contributed by atoms with E-state index in [0.717, 1.165) is 51.7 Å². The zero-order valence-electron chi connectivity index (χ0n) is 20.5. The first kappa shape index (κ1) is 33.1. The molecule has 182 valence electrons. The predicted octanol–water partition coefficient (Wildman–Crippen LogP) is 2.93. The molecule has 0 aliphatic rings. The molecule has 0 unspecified atom stereocenters. The van der Waals surface area contributed by atoms with E-state index in [4.69, 9.17) is 10.5 Å². The molecule has 0 bridgehead atoms. The molecule has 0 heterocycles. The molecule has 9 heteroatoms. The predicted molar refractivity (Wildman–Crippen MR) is 123 cm³/mol. The van der Waals surface area contributed by atoms with Crippen LogP contribution in [0.15, 0.2) is 0 Å². The van der Waals surface area contributed by atoms with Crippen LogP contribution in [0, 0.1) is 0 Å². The molecule has 0 fully saturated rings. The number of nitrogens with two attached hydrogens (primary N) is 1. The van der Waals surface area contributed by atoms with Gasteiger partial charge in [-0.3, -0.25) is 0 Å². The summed E-state index contributed by atoms with van der Waals surface area (Å²) in [5.74, 6) is 0. The molecule has 0 radical (unpaired) electrons. The fourth-order valence-electron chi connectivity index (χ4n) is 1.65. The number of ether oxygens (including phenoxy) is 3. The van der Waals surface area contributed by atoms with Crippen molar-refractivity contribution in [2.24, 2.45) is 5.73 Å². The quantitative estimate of drug-likeness (QED) is 0.335. The summed E-state index contributed by atoms with van der Waals surface area (Å²) < 4.78 is 14.1. The molecular formula is C21H48N4O5. The van der Waals surface area contributed by atoms with E-state index >= 15 is 0 Å². The molecule has 9 nitrogen and oxygen atoms in total. The van der Waals surface area contributed by atoms with Crippen molar-refractivity contribution in [1.29, 1.82) is 0 Å². The lowest BCUT2D eigenvalue weighted by molar-refractivity contribution is 0.0554. The van der Waals surface area contributed by atoms with Gasteiger partial charge in [0.25, 0.3) is 0 Å². The number of carbonyl (C=O) groups excluding carboxylic acids is 2. The van der Waals surface area contributed by atoms with Crippen molar-refractivity contribution in [2.45, 2.75) is 52.9 Å². The summed E-state index contributed by atoms with van der Waals surface area (Å²) in [5.41, 5.74) is 5.25. The minimum absolute atomic E-state index is 0.305. The van der Waals surface area contributed by atoms with Crippen LogP contribution in [0.5, 0.6) is 0 Å². The van der Waals surface area contributed by atoms with Crippen LogP contribution in [0.3, 0.4) is 0 Å². The topological polar surface area (TPSA) is 106 Å².